The zero-order valence-corrected chi connectivity index (χ0v) is 7.81. The highest BCUT2D eigenvalue weighted by atomic mass is 35.5. The lowest BCUT2D eigenvalue weighted by molar-refractivity contribution is -0.708. The highest BCUT2D eigenvalue weighted by molar-refractivity contribution is 6.29. The molecule has 0 fully saturated rings. The van der Waals surface area contributed by atoms with E-state index < -0.39 is 0 Å². The van der Waals surface area contributed by atoms with Crippen LogP contribution in [-0.2, 0) is 6.54 Å². The van der Waals surface area contributed by atoms with Crippen LogP contribution in [0.3, 0.4) is 0 Å². The average Bonchev–Trinajstić information content (AvgIpc) is 1.85. The van der Waals surface area contributed by atoms with Crippen LogP contribution in [0.15, 0.2) is 6.07 Å². The van der Waals surface area contributed by atoms with E-state index in [0.717, 1.165) is 18.1 Å². The highest BCUT2D eigenvalue weighted by Gasteiger charge is 2.10. The molecule has 0 unspecified atom stereocenters. The van der Waals surface area contributed by atoms with Gasteiger partial charge in [0.2, 0.25) is 5.15 Å². The molecule has 0 saturated heterocycles. The Bertz CT molecular complexity index is 248. The molecule has 1 aromatic heterocycles. The van der Waals surface area contributed by atoms with Gasteiger partial charge in [-0.1, -0.05) is 0 Å². The summed E-state index contributed by atoms with van der Waals surface area (Å²) in [4.78, 5) is 4.13. The molecule has 0 aliphatic heterocycles. The summed E-state index contributed by atoms with van der Waals surface area (Å²) >= 11 is 5.75. The molecule has 0 amide bonds. The molecular weight excluding hydrogens is 160 g/mol. The molecular formula is C8H12ClN2+. The zero-order valence-electron chi connectivity index (χ0n) is 7.06. The topological polar surface area (TPSA) is 16.8 Å². The summed E-state index contributed by atoms with van der Waals surface area (Å²) < 4.78 is 2.12. The lowest BCUT2D eigenvalue weighted by Crippen LogP contribution is -2.40. The van der Waals surface area contributed by atoms with Crippen LogP contribution in [0.1, 0.15) is 18.4 Å². The van der Waals surface area contributed by atoms with E-state index in [2.05, 4.69) is 16.5 Å². The monoisotopic (exact) mass is 171 g/mol. The lowest BCUT2D eigenvalue weighted by atomic mass is 10.4. The molecule has 1 rings (SSSR count). The zero-order chi connectivity index (χ0) is 8.43. The third-order valence-electron chi connectivity index (χ3n) is 1.73. The molecule has 1 heterocycles. The van der Waals surface area contributed by atoms with E-state index in [0.29, 0.717) is 5.15 Å². The Morgan fingerprint density at radius 2 is 2.18 bits per heavy atom. The summed E-state index contributed by atoms with van der Waals surface area (Å²) in [6.07, 6.45) is 0. The van der Waals surface area contributed by atoms with Crippen LogP contribution in [0.5, 0.6) is 0 Å². The van der Waals surface area contributed by atoms with Gasteiger partial charge >= 0.3 is 0 Å². The van der Waals surface area contributed by atoms with Crippen LogP contribution in [0.4, 0.5) is 0 Å². The van der Waals surface area contributed by atoms with Gasteiger partial charge in [-0.25, -0.2) is 4.57 Å². The van der Waals surface area contributed by atoms with Crippen molar-refractivity contribution in [3.63, 3.8) is 0 Å². The molecule has 0 aromatic carbocycles. The molecule has 60 valence electrons. The third-order valence-corrected chi connectivity index (χ3v) is 1.92. The highest BCUT2D eigenvalue weighted by Crippen LogP contribution is 2.03. The second kappa shape index (κ2) is 3.18. The van der Waals surface area contributed by atoms with Crippen molar-refractivity contribution < 1.29 is 4.57 Å². The van der Waals surface area contributed by atoms with Crippen LogP contribution in [0.25, 0.3) is 0 Å². The smallest absolute Gasteiger partial charge is 0.232 e. The number of hydrogen-bond donors (Lipinski definition) is 0. The van der Waals surface area contributed by atoms with E-state index in [1.807, 2.05) is 19.9 Å². The molecule has 0 radical (unpaired) electrons. The van der Waals surface area contributed by atoms with Crippen molar-refractivity contribution in [1.29, 1.82) is 0 Å². The van der Waals surface area contributed by atoms with Crippen molar-refractivity contribution in [2.45, 2.75) is 27.3 Å². The van der Waals surface area contributed by atoms with Gasteiger partial charge in [0, 0.05) is 13.0 Å². The quantitative estimate of drug-likeness (QED) is 0.464. The van der Waals surface area contributed by atoms with Crippen molar-refractivity contribution in [2.75, 3.05) is 0 Å². The minimum absolute atomic E-state index is 0.574. The van der Waals surface area contributed by atoms with Gasteiger partial charge in [0.1, 0.15) is 5.69 Å². The van der Waals surface area contributed by atoms with Crippen LogP contribution < -0.4 is 4.57 Å². The molecule has 3 heteroatoms. The van der Waals surface area contributed by atoms with Gasteiger partial charge in [0.15, 0.2) is 0 Å². The number of nitrogens with zero attached hydrogens (tertiary/aromatic N) is 2. The molecule has 11 heavy (non-hydrogen) atoms. The first-order valence-electron chi connectivity index (χ1n) is 3.68. The van der Waals surface area contributed by atoms with E-state index in [9.17, 15) is 0 Å². The van der Waals surface area contributed by atoms with Crippen molar-refractivity contribution >= 4 is 11.6 Å². The Kier molecular flexibility index (Phi) is 2.45. The fraction of sp³-hybridized carbons (Fsp3) is 0.500. The van der Waals surface area contributed by atoms with Gasteiger partial charge in [-0.15, -0.1) is 0 Å². The Morgan fingerprint density at radius 1 is 1.55 bits per heavy atom. The minimum Gasteiger partial charge on any atom is -0.232 e. The second-order valence-corrected chi connectivity index (χ2v) is 2.90. The van der Waals surface area contributed by atoms with Crippen molar-refractivity contribution in [3.8, 4) is 0 Å². The number of halogens is 1. The second-order valence-electron chi connectivity index (χ2n) is 2.51. The van der Waals surface area contributed by atoms with Crippen LogP contribution in [0, 0.1) is 13.8 Å². The maximum Gasteiger partial charge on any atom is 0.297 e. The maximum absolute atomic E-state index is 5.75. The average molecular weight is 172 g/mol. The maximum atomic E-state index is 5.75. The van der Waals surface area contributed by atoms with Gasteiger partial charge in [-0.05, 0) is 30.4 Å². The fourth-order valence-electron chi connectivity index (χ4n) is 1.23. The standard InChI is InChI=1S/C8H12ClN2/c1-4-11-6(2)5-8(9)10-7(11)3/h5H,4H2,1-3H3/q+1. The van der Waals surface area contributed by atoms with Crippen LogP contribution in [0.2, 0.25) is 5.15 Å². The van der Waals surface area contributed by atoms with Gasteiger partial charge in [0.05, 0.1) is 6.54 Å². The number of aromatic nitrogens is 2. The SMILES string of the molecule is CC[n+]1c(C)cc(Cl)nc1C. The van der Waals surface area contributed by atoms with Crippen LogP contribution >= 0.6 is 11.6 Å². The molecule has 2 nitrogen and oxygen atoms in total. The van der Waals surface area contributed by atoms with E-state index in [-0.39, 0.29) is 0 Å². The van der Waals surface area contributed by atoms with E-state index in [1.165, 1.54) is 0 Å². The Labute approximate surface area is 71.8 Å². The molecule has 0 aliphatic carbocycles. The van der Waals surface area contributed by atoms with Gasteiger partial charge in [0.25, 0.3) is 5.82 Å². The Morgan fingerprint density at radius 3 is 2.64 bits per heavy atom. The van der Waals surface area contributed by atoms with Gasteiger partial charge in [-0.3, -0.25) is 0 Å². The summed E-state index contributed by atoms with van der Waals surface area (Å²) in [7, 11) is 0. The number of hydrogen-bond acceptors (Lipinski definition) is 1. The Hall–Kier alpha value is -0.630. The summed E-state index contributed by atoms with van der Waals surface area (Å²) in [5.41, 5.74) is 1.16. The summed E-state index contributed by atoms with van der Waals surface area (Å²) in [6, 6.07) is 1.87. The molecule has 0 saturated carbocycles. The van der Waals surface area contributed by atoms with Gasteiger partial charge < -0.3 is 0 Å². The van der Waals surface area contributed by atoms with Crippen molar-refractivity contribution in [2.24, 2.45) is 0 Å². The normalized spacial score (nSPS) is 10.2. The fourth-order valence-corrected chi connectivity index (χ4v) is 1.51. The molecule has 0 N–H and O–H groups in total. The predicted octanol–water partition coefficient (Wildman–Crippen LogP) is 1.66. The Balaban J connectivity index is 3.25. The van der Waals surface area contributed by atoms with Crippen molar-refractivity contribution in [1.82, 2.24) is 4.98 Å². The lowest BCUT2D eigenvalue weighted by Gasteiger charge is -2.00. The number of aryl methyl sites for hydroxylation is 2. The first-order chi connectivity index (χ1) is 5.15. The third kappa shape index (κ3) is 1.69. The summed E-state index contributed by atoms with van der Waals surface area (Å²) in [5.74, 6) is 0.970. The van der Waals surface area contributed by atoms with Crippen molar-refractivity contribution in [3.05, 3.63) is 22.7 Å². The number of rotatable bonds is 1. The predicted molar refractivity (Wildman–Crippen MR) is 44.6 cm³/mol. The minimum atomic E-state index is 0.574. The molecule has 0 spiro atoms. The van der Waals surface area contributed by atoms with Crippen LogP contribution in [-0.4, -0.2) is 4.98 Å². The first-order valence-corrected chi connectivity index (χ1v) is 4.06. The van der Waals surface area contributed by atoms with E-state index in [1.54, 1.807) is 0 Å². The van der Waals surface area contributed by atoms with Gasteiger partial charge in [-0.2, -0.15) is 0 Å². The first kappa shape index (κ1) is 8.47. The molecule has 0 bridgehead atoms. The van der Waals surface area contributed by atoms with E-state index in [4.69, 9.17) is 11.6 Å². The van der Waals surface area contributed by atoms with E-state index >= 15 is 0 Å². The largest absolute Gasteiger partial charge is 0.297 e. The molecule has 0 atom stereocenters. The molecule has 0 aliphatic rings. The summed E-state index contributed by atoms with van der Waals surface area (Å²) in [5, 5.41) is 0.574. The molecule has 1 aromatic rings. The summed E-state index contributed by atoms with van der Waals surface area (Å²) in [6.45, 7) is 7.03.